The summed E-state index contributed by atoms with van der Waals surface area (Å²) < 4.78 is 6.45. The molecule has 17 heavy (non-hydrogen) atoms. The van der Waals surface area contributed by atoms with Crippen molar-refractivity contribution < 1.29 is 14.6 Å². The van der Waals surface area contributed by atoms with Gasteiger partial charge < -0.3 is 9.84 Å². The first-order valence-corrected chi connectivity index (χ1v) is 4.90. The summed E-state index contributed by atoms with van der Waals surface area (Å²) in [6.45, 7) is 0. The van der Waals surface area contributed by atoms with Gasteiger partial charge in [0.15, 0.2) is 0 Å². The molecule has 2 rings (SSSR count). The molecule has 0 aliphatic rings. The molecule has 2 aromatic heterocycles. The highest BCUT2D eigenvalue weighted by atomic mass is 16.5. The van der Waals surface area contributed by atoms with Gasteiger partial charge in [0, 0.05) is 19.3 Å². The maximum Gasteiger partial charge on any atom is 0.354 e. The molecule has 0 atom stereocenters. The van der Waals surface area contributed by atoms with Gasteiger partial charge in [-0.1, -0.05) is 0 Å². The van der Waals surface area contributed by atoms with E-state index in [1.807, 2.05) is 0 Å². The highest BCUT2D eigenvalue weighted by Crippen LogP contribution is 2.26. The molecule has 6 nitrogen and oxygen atoms in total. The van der Waals surface area contributed by atoms with Gasteiger partial charge in [-0.2, -0.15) is 5.10 Å². The van der Waals surface area contributed by atoms with E-state index >= 15 is 0 Å². The summed E-state index contributed by atoms with van der Waals surface area (Å²) in [7, 11) is 3.10. The van der Waals surface area contributed by atoms with Gasteiger partial charge in [-0.25, -0.2) is 4.79 Å². The lowest BCUT2D eigenvalue weighted by Crippen LogP contribution is -2.04. The van der Waals surface area contributed by atoms with Gasteiger partial charge in [0.1, 0.15) is 22.8 Å². The minimum absolute atomic E-state index is 0.104. The van der Waals surface area contributed by atoms with Gasteiger partial charge >= 0.3 is 5.97 Å². The zero-order chi connectivity index (χ0) is 12.4. The fraction of sp³-hybridized carbons (Fsp3) is 0.182. The molecule has 0 aliphatic heterocycles. The second-order valence-corrected chi connectivity index (χ2v) is 3.40. The summed E-state index contributed by atoms with van der Waals surface area (Å²) in [5.41, 5.74) is 1.10. The van der Waals surface area contributed by atoms with Crippen LogP contribution >= 0.6 is 0 Å². The number of pyridine rings is 1. The van der Waals surface area contributed by atoms with E-state index in [9.17, 15) is 4.79 Å². The Labute approximate surface area is 97.5 Å². The lowest BCUT2D eigenvalue weighted by molar-refractivity contribution is 0.0685. The van der Waals surface area contributed by atoms with E-state index in [2.05, 4.69) is 10.1 Å². The summed E-state index contributed by atoms with van der Waals surface area (Å²) in [6, 6.07) is 4.95. The third kappa shape index (κ3) is 1.96. The van der Waals surface area contributed by atoms with Crippen LogP contribution in [-0.2, 0) is 7.05 Å². The number of carboxylic acid groups (broad SMARTS) is 1. The van der Waals surface area contributed by atoms with E-state index < -0.39 is 5.97 Å². The van der Waals surface area contributed by atoms with Gasteiger partial charge in [0.25, 0.3) is 0 Å². The van der Waals surface area contributed by atoms with Crippen LogP contribution in [-0.4, -0.2) is 33.0 Å². The number of carbonyl (C=O) groups is 1. The maximum absolute atomic E-state index is 10.9. The SMILES string of the molecule is COc1cccnc1-c1cc(C(=O)O)n(C)n1. The molecular weight excluding hydrogens is 222 g/mol. The number of rotatable bonds is 3. The van der Waals surface area contributed by atoms with Crippen molar-refractivity contribution >= 4 is 5.97 Å². The molecular formula is C11H11N3O3. The van der Waals surface area contributed by atoms with Crippen molar-refractivity contribution in [2.45, 2.75) is 0 Å². The van der Waals surface area contributed by atoms with Crippen molar-refractivity contribution in [2.75, 3.05) is 7.11 Å². The van der Waals surface area contributed by atoms with Gasteiger partial charge in [-0.3, -0.25) is 9.67 Å². The molecule has 2 aromatic rings. The molecule has 0 amide bonds. The van der Waals surface area contributed by atoms with E-state index in [1.54, 1.807) is 25.4 Å². The zero-order valence-electron chi connectivity index (χ0n) is 9.41. The Morgan fingerprint density at radius 1 is 1.53 bits per heavy atom. The van der Waals surface area contributed by atoms with Crippen molar-refractivity contribution in [3.05, 3.63) is 30.1 Å². The minimum atomic E-state index is -1.03. The van der Waals surface area contributed by atoms with E-state index in [0.717, 1.165) is 0 Å². The number of hydrogen-bond acceptors (Lipinski definition) is 4. The monoisotopic (exact) mass is 233 g/mol. The predicted molar refractivity (Wildman–Crippen MR) is 60.0 cm³/mol. The molecule has 0 spiro atoms. The molecule has 2 heterocycles. The molecule has 88 valence electrons. The zero-order valence-corrected chi connectivity index (χ0v) is 9.41. The van der Waals surface area contributed by atoms with Crippen molar-refractivity contribution in [3.63, 3.8) is 0 Å². The summed E-state index contributed by atoms with van der Waals surface area (Å²) in [6.07, 6.45) is 1.60. The van der Waals surface area contributed by atoms with Crippen molar-refractivity contribution in [2.24, 2.45) is 7.05 Å². The van der Waals surface area contributed by atoms with Crippen LogP contribution < -0.4 is 4.74 Å². The highest BCUT2D eigenvalue weighted by Gasteiger charge is 2.16. The van der Waals surface area contributed by atoms with Gasteiger partial charge in [0.2, 0.25) is 0 Å². The first kappa shape index (κ1) is 11.1. The van der Waals surface area contributed by atoms with Crippen LogP contribution in [0, 0.1) is 0 Å². The van der Waals surface area contributed by atoms with Gasteiger partial charge in [-0.15, -0.1) is 0 Å². The number of aryl methyl sites for hydroxylation is 1. The average molecular weight is 233 g/mol. The molecule has 0 saturated heterocycles. The average Bonchev–Trinajstić information content (AvgIpc) is 2.71. The van der Waals surface area contributed by atoms with Crippen LogP contribution in [0.25, 0.3) is 11.4 Å². The summed E-state index contributed by atoms with van der Waals surface area (Å²) in [5, 5.41) is 13.0. The lowest BCUT2D eigenvalue weighted by atomic mass is 10.2. The number of methoxy groups -OCH3 is 1. The number of aromatic nitrogens is 3. The Bertz CT molecular complexity index is 563. The van der Waals surface area contributed by atoms with E-state index in [0.29, 0.717) is 17.1 Å². The number of carboxylic acids is 1. The number of nitrogens with zero attached hydrogens (tertiary/aromatic N) is 3. The first-order valence-electron chi connectivity index (χ1n) is 4.90. The quantitative estimate of drug-likeness (QED) is 0.861. The summed E-state index contributed by atoms with van der Waals surface area (Å²) in [5.74, 6) is -0.469. The van der Waals surface area contributed by atoms with Crippen LogP contribution in [0.5, 0.6) is 5.75 Å². The molecule has 0 bridgehead atoms. The van der Waals surface area contributed by atoms with E-state index in [4.69, 9.17) is 9.84 Å². The third-order valence-electron chi connectivity index (χ3n) is 2.33. The third-order valence-corrected chi connectivity index (χ3v) is 2.33. The smallest absolute Gasteiger partial charge is 0.354 e. The van der Waals surface area contributed by atoms with E-state index in [-0.39, 0.29) is 5.69 Å². The topological polar surface area (TPSA) is 77.2 Å². The first-order chi connectivity index (χ1) is 8.13. The van der Waals surface area contributed by atoms with Crippen molar-refractivity contribution in [1.82, 2.24) is 14.8 Å². The molecule has 0 radical (unpaired) electrons. The van der Waals surface area contributed by atoms with E-state index in [1.165, 1.54) is 17.9 Å². The molecule has 0 unspecified atom stereocenters. The molecule has 0 aliphatic carbocycles. The van der Waals surface area contributed by atoms with Crippen LogP contribution in [0.3, 0.4) is 0 Å². The molecule has 0 fully saturated rings. The largest absolute Gasteiger partial charge is 0.494 e. The Balaban J connectivity index is 2.53. The summed E-state index contributed by atoms with van der Waals surface area (Å²) >= 11 is 0. The second kappa shape index (κ2) is 4.25. The second-order valence-electron chi connectivity index (χ2n) is 3.40. The normalized spacial score (nSPS) is 10.2. The molecule has 0 aromatic carbocycles. The van der Waals surface area contributed by atoms with Crippen LogP contribution in [0.2, 0.25) is 0 Å². The highest BCUT2D eigenvalue weighted by molar-refractivity contribution is 5.87. The van der Waals surface area contributed by atoms with Crippen LogP contribution in [0.15, 0.2) is 24.4 Å². The Hall–Kier alpha value is -2.37. The van der Waals surface area contributed by atoms with Gasteiger partial charge in [0.05, 0.1) is 7.11 Å². The lowest BCUT2D eigenvalue weighted by Gasteiger charge is -2.03. The minimum Gasteiger partial charge on any atom is -0.494 e. The summed E-state index contributed by atoms with van der Waals surface area (Å²) in [4.78, 5) is 15.0. The Kier molecular flexibility index (Phi) is 2.78. The number of hydrogen-bond donors (Lipinski definition) is 1. The Morgan fingerprint density at radius 3 is 2.88 bits per heavy atom. The number of aromatic carboxylic acids is 1. The van der Waals surface area contributed by atoms with Crippen molar-refractivity contribution in [1.29, 1.82) is 0 Å². The Morgan fingerprint density at radius 2 is 2.29 bits per heavy atom. The van der Waals surface area contributed by atoms with Crippen LogP contribution in [0.4, 0.5) is 0 Å². The molecule has 1 N–H and O–H groups in total. The van der Waals surface area contributed by atoms with Crippen molar-refractivity contribution in [3.8, 4) is 17.1 Å². The molecule has 6 heteroatoms. The fourth-order valence-electron chi connectivity index (χ4n) is 1.53. The molecule has 0 saturated carbocycles. The number of ether oxygens (including phenoxy) is 1. The predicted octanol–water partition coefficient (Wildman–Crippen LogP) is 1.19. The maximum atomic E-state index is 10.9. The van der Waals surface area contributed by atoms with Gasteiger partial charge in [-0.05, 0) is 12.1 Å². The fourth-order valence-corrected chi connectivity index (χ4v) is 1.53. The standard InChI is InChI=1S/C11H11N3O3/c1-14-8(11(15)16)6-7(13-14)10-9(17-2)4-3-5-12-10/h3-6H,1-2H3,(H,15,16). The van der Waals surface area contributed by atoms with Crippen LogP contribution in [0.1, 0.15) is 10.5 Å².